The van der Waals surface area contributed by atoms with Crippen molar-refractivity contribution in [2.75, 3.05) is 13.1 Å². The molecule has 0 aromatic heterocycles. The van der Waals surface area contributed by atoms with Crippen molar-refractivity contribution in [1.82, 2.24) is 10.2 Å². The highest BCUT2D eigenvalue weighted by Gasteiger charge is 2.54. The summed E-state index contributed by atoms with van der Waals surface area (Å²) in [6.07, 6.45) is 7.96. The third kappa shape index (κ3) is 3.28. The lowest BCUT2D eigenvalue weighted by Crippen LogP contribution is -2.54. The average Bonchev–Trinajstić information content (AvgIpc) is 2.99. The predicted molar refractivity (Wildman–Crippen MR) is 104 cm³/mol. The van der Waals surface area contributed by atoms with Crippen LogP contribution in [0.5, 0.6) is 0 Å². The summed E-state index contributed by atoms with van der Waals surface area (Å²) in [5.74, 6) is 3.12. The zero-order valence-corrected chi connectivity index (χ0v) is 16.0. The molecule has 1 unspecified atom stereocenters. The lowest BCUT2D eigenvalue weighted by Gasteiger charge is -2.55. The van der Waals surface area contributed by atoms with Crippen LogP contribution in [0.2, 0.25) is 0 Å². The molecule has 4 saturated carbocycles. The molecular weight excluding hydrogens is 336 g/mol. The highest BCUT2D eigenvalue weighted by Crippen LogP contribution is 2.60. The quantitative estimate of drug-likeness (QED) is 0.869. The van der Waals surface area contributed by atoms with Gasteiger partial charge >= 0.3 is 0 Å². The number of hydrogen-bond donors (Lipinski definition) is 1. The Balaban J connectivity index is 1.16. The smallest absolute Gasteiger partial charge is 0.226 e. The molecule has 1 aromatic carbocycles. The molecule has 1 heterocycles. The van der Waals surface area contributed by atoms with E-state index in [1.165, 1.54) is 24.8 Å². The van der Waals surface area contributed by atoms with Gasteiger partial charge in [0.15, 0.2) is 0 Å². The summed E-state index contributed by atoms with van der Waals surface area (Å²) >= 11 is 0. The summed E-state index contributed by atoms with van der Waals surface area (Å²) in [5, 5.41) is 3.27. The Morgan fingerprint density at radius 2 is 1.67 bits per heavy atom. The molecule has 1 atom stereocenters. The molecule has 6 rings (SSSR count). The molecule has 4 nitrogen and oxygen atoms in total. The largest absolute Gasteiger partial charge is 0.355 e. The van der Waals surface area contributed by atoms with Crippen LogP contribution in [0.15, 0.2) is 30.3 Å². The van der Waals surface area contributed by atoms with Crippen LogP contribution in [0.1, 0.15) is 50.5 Å². The van der Waals surface area contributed by atoms with Gasteiger partial charge in [0.2, 0.25) is 11.8 Å². The van der Waals surface area contributed by atoms with Crippen LogP contribution in [-0.4, -0.2) is 29.8 Å². The molecule has 2 amide bonds. The lowest BCUT2D eigenvalue weighted by molar-refractivity contribution is -0.146. The molecule has 5 fully saturated rings. The third-order valence-corrected chi connectivity index (χ3v) is 7.58. The summed E-state index contributed by atoms with van der Waals surface area (Å²) in [6.45, 7) is 2.09. The van der Waals surface area contributed by atoms with Crippen molar-refractivity contribution in [3.8, 4) is 0 Å². The van der Waals surface area contributed by atoms with Gasteiger partial charge in [-0.15, -0.1) is 0 Å². The van der Waals surface area contributed by atoms with Gasteiger partial charge < -0.3 is 10.2 Å². The zero-order chi connectivity index (χ0) is 18.4. The van der Waals surface area contributed by atoms with Crippen LogP contribution in [0.4, 0.5) is 0 Å². The molecule has 27 heavy (non-hydrogen) atoms. The predicted octanol–water partition coefficient (Wildman–Crippen LogP) is 3.37. The Labute approximate surface area is 161 Å². The van der Waals surface area contributed by atoms with Crippen LogP contribution in [0, 0.1) is 29.1 Å². The average molecular weight is 367 g/mol. The van der Waals surface area contributed by atoms with E-state index in [0.29, 0.717) is 19.5 Å². The van der Waals surface area contributed by atoms with Gasteiger partial charge in [0.25, 0.3) is 0 Å². The minimum Gasteiger partial charge on any atom is -0.355 e. The standard InChI is InChI=1S/C23H30N2O2/c26-21-9-20(15-25(21)14-16-4-2-1-3-5-16)13-24-22(27)23-10-17-6-18(11-23)8-19(7-17)12-23/h1-5,17-20H,6-15H2,(H,24,27). The van der Waals surface area contributed by atoms with Crippen LogP contribution in [-0.2, 0) is 16.1 Å². The topological polar surface area (TPSA) is 49.4 Å². The number of carbonyl (C=O) groups is 2. The van der Waals surface area contributed by atoms with E-state index in [0.717, 1.165) is 43.6 Å². The lowest BCUT2D eigenvalue weighted by atomic mass is 9.49. The second-order valence-electron chi connectivity index (χ2n) is 9.74. The summed E-state index contributed by atoms with van der Waals surface area (Å²) < 4.78 is 0. The summed E-state index contributed by atoms with van der Waals surface area (Å²) in [4.78, 5) is 27.4. The maximum atomic E-state index is 13.1. The molecule has 0 radical (unpaired) electrons. The van der Waals surface area contributed by atoms with Crippen molar-refractivity contribution in [3.63, 3.8) is 0 Å². The Hall–Kier alpha value is -1.84. The van der Waals surface area contributed by atoms with Gasteiger partial charge in [-0.2, -0.15) is 0 Å². The van der Waals surface area contributed by atoms with E-state index in [-0.39, 0.29) is 23.1 Å². The van der Waals surface area contributed by atoms with Crippen LogP contribution in [0.3, 0.4) is 0 Å². The van der Waals surface area contributed by atoms with Gasteiger partial charge in [0, 0.05) is 37.4 Å². The van der Waals surface area contributed by atoms with Crippen LogP contribution >= 0.6 is 0 Å². The fourth-order valence-corrected chi connectivity index (χ4v) is 6.76. The SMILES string of the molecule is O=C1CC(CNC(=O)C23CC4CC(CC(C4)C2)C3)CN1Cc1ccccc1. The molecule has 4 heteroatoms. The summed E-state index contributed by atoms with van der Waals surface area (Å²) in [5.41, 5.74) is 1.09. The first-order valence-corrected chi connectivity index (χ1v) is 10.7. The Kier molecular flexibility index (Phi) is 4.25. The number of rotatable bonds is 5. The second kappa shape index (κ2) is 6.65. The highest BCUT2D eigenvalue weighted by molar-refractivity contribution is 5.83. The summed E-state index contributed by atoms with van der Waals surface area (Å²) in [7, 11) is 0. The minimum absolute atomic E-state index is 0.0823. The third-order valence-electron chi connectivity index (χ3n) is 7.58. The molecule has 144 valence electrons. The van der Waals surface area contributed by atoms with Crippen molar-refractivity contribution in [2.24, 2.45) is 29.1 Å². The Morgan fingerprint density at radius 1 is 1.04 bits per heavy atom. The van der Waals surface area contributed by atoms with E-state index >= 15 is 0 Å². The molecule has 1 saturated heterocycles. The van der Waals surface area contributed by atoms with Gasteiger partial charge in [0.1, 0.15) is 0 Å². The zero-order valence-electron chi connectivity index (χ0n) is 16.0. The van der Waals surface area contributed by atoms with E-state index in [9.17, 15) is 9.59 Å². The van der Waals surface area contributed by atoms with Gasteiger partial charge in [0.05, 0.1) is 0 Å². The number of likely N-dealkylation sites (tertiary alicyclic amines) is 1. The van der Waals surface area contributed by atoms with Crippen LogP contribution < -0.4 is 5.32 Å². The number of nitrogens with zero attached hydrogens (tertiary/aromatic N) is 1. The van der Waals surface area contributed by atoms with E-state index in [1.807, 2.05) is 23.1 Å². The van der Waals surface area contributed by atoms with Gasteiger partial charge in [-0.25, -0.2) is 0 Å². The molecule has 0 spiro atoms. The second-order valence-corrected chi connectivity index (χ2v) is 9.74. The number of amides is 2. The van der Waals surface area contributed by atoms with Gasteiger partial charge in [-0.3, -0.25) is 9.59 Å². The van der Waals surface area contributed by atoms with E-state index in [4.69, 9.17) is 0 Å². The number of hydrogen-bond acceptors (Lipinski definition) is 2. The van der Waals surface area contributed by atoms with Crippen LogP contribution in [0.25, 0.3) is 0 Å². The normalized spacial score (nSPS) is 37.0. The fraction of sp³-hybridized carbons (Fsp3) is 0.652. The monoisotopic (exact) mass is 366 g/mol. The molecule has 4 aliphatic carbocycles. The first-order chi connectivity index (χ1) is 13.1. The van der Waals surface area contributed by atoms with E-state index < -0.39 is 0 Å². The number of benzene rings is 1. The molecule has 4 bridgehead atoms. The van der Waals surface area contributed by atoms with E-state index in [2.05, 4.69) is 17.4 Å². The van der Waals surface area contributed by atoms with Crippen molar-refractivity contribution in [3.05, 3.63) is 35.9 Å². The molecule has 1 aromatic rings. The number of nitrogens with one attached hydrogen (secondary N) is 1. The molecule has 5 aliphatic rings. The molecule has 1 aliphatic heterocycles. The molecule has 1 N–H and O–H groups in total. The minimum atomic E-state index is -0.0823. The maximum absolute atomic E-state index is 13.1. The first-order valence-electron chi connectivity index (χ1n) is 10.7. The first kappa shape index (κ1) is 17.3. The fourth-order valence-electron chi connectivity index (χ4n) is 6.76. The van der Waals surface area contributed by atoms with Crippen molar-refractivity contribution >= 4 is 11.8 Å². The Bertz CT molecular complexity index is 694. The maximum Gasteiger partial charge on any atom is 0.226 e. The highest BCUT2D eigenvalue weighted by atomic mass is 16.2. The van der Waals surface area contributed by atoms with Gasteiger partial charge in [-0.1, -0.05) is 30.3 Å². The van der Waals surface area contributed by atoms with Crippen molar-refractivity contribution < 1.29 is 9.59 Å². The molecular formula is C23H30N2O2. The Morgan fingerprint density at radius 3 is 2.30 bits per heavy atom. The van der Waals surface area contributed by atoms with Gasteiger partial charge in [-0.05, 0) is 61.8 Å². The van der Waals surface area contributed by atoms with E-state index in [1.54, 1.807) is 0 Å². The summed E-state index contributed by atoms with van der Waals surface area (Å²) in [6, 6.07) is 10.2. The van der Waals surface area contributed by atoms with Crippen molar-refractivity contribution in [1.29, 1.82) is 0 Å². The van der Waals surface area contributed by atoms with Crippen molar-refractivity contribution in [2.45, 2.75) is 51.5 Å². The number of carbonyl (C=O) groups excluding carboxylic acids is 2.